The fourth-order valence-electron chi connectivity index (χ4n) is 7.40. The second kappa shape index (κ2) is 14.8. The van der Waals surface area contributed by atoms with Gasteiger partial charge in [-0.1, -0.05) is 103 Å². The molecule has 4 nitrogen and oxygen atoms in total. The van der Waals surface area contributed by atoms with Crippen molar-refractivity contribution in [1.29, 1.82) is 0 Å². The maximum atomic E-state index is 13.9. The van der Waals surface area contributed by atoms with Gasteiger partial charge in [-0.2, -0.15) is 39.5 Å². The lowest BCUT2D eigenvalue weighted by molar-refractivity contribution is -0.143. The summed E-state index contributed by atoms with van der Waals surface area (Å²) in [7, 11) is 0. The van der Waals surface area contributed by atoms with Crippen molar-refractivity contribution in [2.45, 2.75) is 18.5 Å². The molecule has 0 saturated carbocycles. The lowest BCUT2D eigenvalue weighted by Gasteiger charge is -2.17. The Hall–Kier alpha value is -7.28. The van der Waals surface area contributed by atoms with Crippen molar-refractivity contribution >= 4 is 21.8 Å². The zero-order valence-corrected chi connectivity index (χ0v) is 31.3. The summed E-state index contributed by atoms with van der Waals surface area (Å²) >= 11 is 0. The average Bonchev–Trinajstić information content (AvgIpc) is 3.59. The fourth-order valence-corrected chi connectivity index (χ4v) is 7.40. The van der Waals surface area contributed by atoms with Crippen LogP contribution in [0.5, 0.6) is 0 Å². The van der Waals surface area contributed by atoms with Crippen molar-refractivity contribution in [3.05, 3.63) is 180 Å². The first-order chi connectivity index (χ1) is 29.1. The molecular formula is C48H27F9N4. The van der Waals surface area contributed by atoms with Gasteiger partial charge >= 0.3 is 18.5 Å². The Morgan fingerprint density at radius 3 is 1.38 bits per heavy atom. The van der Waals surface area contributed by atoms with E-state index in [1.807, 2.05) is 71.3 Å². The van der Waals surface area contributed by atoms with Gasteiger partial charge < -0.3 is 4.57 Å². The van der Waals surface area contributed by atoms with Crippen molar-refractivity contribution in [3.8, 4) is 62.1 Å². The molecule has 0 bridgehead atoms. The molecule has 0 aliphatic carbocycles. The highest BCUT2D eigenvalue weighted by molar-refractivity contribution is 6.11. The predicted octanol–water partition coefficient (Wildman–Crippen LogP) is 14.4. The monoisotopic (exact) mass is 830 g/mol. The Morgan fingerprint density at radius 1 is 0.328 bits per heavy atom. The molecule has 0 aliphatic rings. The number of rotatable bonds is 6. The number of benzene rings is 7. The van der Waals surface area contributed by atoms with Gasteiger partial charge in [0.05, 0.1) is 33.4 Å². The van der Waals surface area contributed by atoms with Gasteiger partial charge in [-0.05, 0) is 82.9 Å². The number of alkyl halides is 9. The van der Waals surface area contributed by atoms with Crippen LogP contribution in [0, 0.1) is 0 Å². The first-order valence-electron chi connectivity index (χ1n) is 18.6. The van der Waals surface area contributed by atoms with Gasteiger partial charge in [0, 0.05) is 27.5 Å². The lowest BCUT2D eigenvalue weighted by atomic mass is 9.97. The first-order valence-corrected chi connectivity index (χ1v) is 18.6. The van der Waals surface area contributed by atoms with Gasteiger partial charge in [0.25, 0.3) is 0 Å². The molecule has 0 spiro atoms. The highest BCUT2D eigenvalue weighted by atomic mass is 19.4. The van der Waals surface area contributed by atoms with E-state index in [4.69, 9.17) is 15.0 Å². The number of nitrogens with zero attached hydrogens (tertiary/aromatic N) is 4. The summed E-state index contributed by atoms with van der Waals surface area (Å²) in [5.41, 5.74) is 0.684. The summed E-state index contributed by atoms with van der Waals surface area (Å²) < 4.78 is 126. The number of fused-ring (bicyclic) bond motifs is 3. The van der Waals surface area contributed by atoms with Gasteiger partial charge in [-0.15, -0.1) is 0 Å². The largest absolute Gasteiger partial charge is 0.416 e. The van der Waals surface area contributed by atoms with Crippen molar-refractivity contribution in [3.63, 3.8) is 0 Å². The van der Waals surface area contributed by atoms with Crippen LogP contribution >= 0.6 is 0 Å². The minimum Gasteiger partial charge on any atom is -0.308 e. The first kappa shape index (κ1) is 39.2. The van der Waals surface area contributed by atoms with Gasteiger partial charge in [0.2, 0.25) is 0 Å². The number of hydrogen-bond acceptors (Lipinski definition) is 3. The maximum absolute atomic E-state index is 13.9. The molecule has 302 valence electrons. The van der Waals surface area contributed by atoms with E-state index in [2.05, 4.69) is 0 Å². The molecule has 0 radical (unpaired) electrons. The van der Waals surface area contributed by atoms with Crippen LogP contribution in [0.25, 0.3) is 83.9 Å². The molecule has 0 unspecified atom stereocenters. The minimum atomic E-state index is -5.04. The predicted molar refractivity (Wildman–Crippen MR) is 216 cm³/mol. The number of para-hydroxylation sites is 1. The molecule has 0 N–H and O–H groups in total. The van der Waals surface area contributed by atoms with Crippen LogP contribution in [0.3, 0.4) is 0 Å². The van der Waals surface area contributed by atoms with E-state index in [9.17, 15) is 39.5 Å². The molecule has 61 heavy (non-hydrogen) atoms. The molecule has 7 aromatic carbocycles. The van der Waals surface area contributed by atoms with E-state index in [1.165, 1.54) is 18.2 Å². The third-order valence-electron chi connectivity index (χ3n) is 10.3. The van der Waals surface area contributed by atoms with Crippen LogP contribution in [0.2, 0.25) is 0 Å². The van der Waals surface area contributed by atoms with Crippen molar-refractivity contribution in [2.24, 2.45) is 0 Å². The highest BCUT2D eigenvalue weighted by Crippen LogP contribution is 2.43. The molecular weight excluding hydrogens is 804 g/mol. The molecule has 9 rings (SSSR count). The fraction of sp³-hybridized carbons (Fsp3) is 0.0625. The number of halogens is 9. The summed E-state index contributed by atoms with van der Waals surface area (Å²) in [5.74, 6) is 0.995. The van der Waals surface area contributed by atoms with Crippen LogP contribution in [-0.2, 0) is 18.5 Å². The zero-order chi connectivity index (χ0) is 42.7. The third kappa shape index (κ3) is 7.58. The van der Waals surface area contributed by atoms with E-state index >= 15 is 0 Å². The minimum absolute atomic E-state index is 0.0900. The van der Waals surface area contributed by atoms with Crippen molar-refractivity contribution < 1.29 is 39.5 Å². The molecule has 2 heterocycles. The normalized spacial score (nSPS) is 12.3. The Bertz CT molecular complexity index is 2990. The smallest absolute Gasteiger partial charge is 0.308 e. The van der Waals surface area contributed by atoms with Gasteiger partial charge in [-0.3, -0.25) is 0 Å². The van der Waals surface area contributed by atoms with Gasteiger partial charge in [-0.25, -0.2) is 15.0 Å². The summed E-state index contributed by atoms with van der Waals surface area (Å²) in [5, 5.41) is 1.13. The Balaban J connectivity index is 1.31. The molecule has 9 aromatic rings. The SMILES string of the molecule is FC(F)(F)c1ccc(-c2ccc(-c3nc(-c4ccccc4)nc(-c4ccccc4)n3)c(-n3c4ccccc4c4cc(-c5cc(C(F)(F)F)cc(C(F)(F)F)c5)ccc43)c2)cc1. The average molecular weight is 831 g/mol. The number of hydrogen-bond donors (Lipinski definition) is 0. The van der Waals surface area contributed by atoms with E-state index < -0.39 is 35.2 Å². The summed E-state index contributed by atoms with van der Waals surface area (Å²) in [6.07, 6.45) is -14.6. The zero-order valence-electron chi connectivity index (χ0n) is 31.3. The summed E-state index contributed by atoms with van der Waals surface area (Å²) in [6.45, 7) is 0. The Kier molecular flexibility index (Phi) is 9.49. The second-order valence-corrected chi connectivity index (χ2v) is 14.2. The quantitative estimate of drug-likeness (QED) is 0.157. The van der Waals surface area contributed by atoms with Gasteiger partial charge in [0.1, 0.15) is 0 Å². The number of aromatic nitrogens is 4. The standard InChI is InChI=1S/C48H27F9N4/c49-46(50,51)34-19-15-28(16-20-34)32-17-21-38(45-59-43(29-9-3-1-4-10-29)58-44(60-45)30-11-5-2-6-12-30)42(26-32)61-40-14-8-7-13-37(40)39-25-31(18-22-41(39)61)33-23-35(47(52,53)54)27-36(24-33)48(55,56)57/h1-27H. The Labute approximate surface area is 341 Å². The molecule has 0 fully saturated rings. The van der Waals surface area contributed by atoms with E-state index in [1.54, 1.807) is 48.5 Å². The summed E-state index contributed by atoms with van der Waals surface area (Å²) in [6, 6.07) is 41.8. The molecule has 0 saturated heterocycles. The second-order valence-electron chi connectivity index (χ2n) is 14.2. The van der Waals surface area contributed by atoms with Crippen LogP contribution in [0.1, 0.15) is 16.7 Å². The van der Waals surface area contributed by atoms with E-state index in [0.717, 1.165) is 12.1 Å². The topological polar surface area (TPSA) is 43.6 Å². The Morgan fingerprint density at radius 2 is 0.803 bits per heavy atom. The van der Waals surface area contributed by atoms with Crippen molar-refractivity contribution in [1.82, 2.24) is 19.5 Å². The van der Waals surface area contributed by atoms with Crippen LogP contribution in [0.4, 0.5) is 39.5 Å². The summed E-state index contributed by atoms with van der Waals surface area (Å²) in [4.78, 5) is 14.7. The molecule has 0 amide bonds. The maximum Gasteiger partial charge on any atom is 0.416 e. The van der Waals surface area contributed by atoms with E-state index in [0.29, 0.717) is 79.1 Å². The van der Waals surface area contributed by atoms with Gasteiger partial charge in [0.15, 0.2) is 17.5 Å². The van der Waals surface area contributed by atoms with Crippen LogP contribution in [-0.4, -0.2) is 19.5 Å². The lowest BCUT2D eigenvalue weighted by Crippen LogP contribution is -2.11. The van der Waals surface area contributed by atoms with Crippen LogP contribution in [0.15, 0.2) is 164 Å². The third-order valence-corrected chi connectivity index (χ3v) is 10.3. The molecule has 0 atom stereocenters. The molecule has 2 aromatic heterocycles. The molecule has 0 aliphatic heterocycles. The van der Waals surface area contributed by atoms with E-state index in [-0.39, 0.29) is 23.0 Å². The molecule has 13 heteroatoms. The van der Waals surface area contributed by atoms with Crippen LogP contribution < -0.4 is 0 Å². The highest BCUT2D eigenvalue weighted by Gasteiger charge is 2.37. The van der Waals surface area contributed by atoms with Crippen molar-refractivity contribution in [2.75, 3.05) is 0 Å².